The van der Waals surface area contributed by atoms with Gasteiger partial charge in [0.2, 0.25) is 0 Å². The van der Waals surface area contributed by atoms with E-state index in [1.165, 1.54) is 37.4 Å². The zero-order valence-electron chi connectivity index (χ0n) is 11.8. The minimum absolute atomic E-state index is 0.332. The molecule has 2 heterocycles. The average molecular weight is 256 g/mol. The monoisotopic (exact) mass is 256 g/mol. The molecule has 0 bridgehead atoms. The first-order valence-corrected chi connectivity index (χ1v) is 8.30. The van der Waals surface area contributed by atoms with Gasteiger partial charge in [-0.15, -0.1) is 0 Å². The number of nitrogens with zero attached hydrogens (tertiary/aromatic N) is 1. The summed E-state index contributed by atoms with van der Waals surface area (Å²) in [6.45, 7) is 11.8. The fourth-order valence-corrected chi connectivity index (χ4v) is 4.32. The highest BCUT2D eigenvalue weighted by atomic mass is 32.2. The third kappa shape index (κ3) is 2.99. The molecule has 2 aliphatic heterocycles. The highest BCUT2D eigenvalue weighted by Gasteiger charge is 2.39. The van der Waals surface area contributed by atoms with Gasteiger partial charge in [0.15, 0.2) is 0 Å². The lowest BCUT2D eigenvalue weighted by Crippen LogP contribution is -2.66. The Morgan fingerprint density at radius 3 is 2.76 bits per heavy atom. The van der Waals surface area contributed by atoms with Gasteiger partial charge in [-0.05, 0) is 31.4 Å². The second-order valence-electron chi connectivity index (χ2n) is 6.30. The van der Waals surface area contributed by atoms with Gasteiger partial charge < -0.3 is 5.32 Å². The van der Waals surface area contributed by atoms with Crippen LogP contribution >= 0.6 is 11.8 Å². The molecule has 0 aromatic heterocycles. The van der Waals surface area contributed by atoms with Crippen molar-refractivity contribution in [3.8, 4) is 0 Å². The number of hydrogen-bond acceptors (Lipinski definition) is 3. The number of piperazine rings is 1. The molecule has 2 fully saturated rings. The fourth-order valence-electron chi connectivity index (χ4n) is 3.08. The van der Waals surface area contributed by atoms with Gasteiger partial charge in [0.1, 0.15) is 0 Å². The Kier molecular flexibility index (Phi) is 4.43. The molecule has 1 N–H and O–H groups in total. The number of thioether (sulfide) groups is 1. The number of nitrogens with one attached hydrogen (secondary N) is 1. The van der Waals surface area contributed by atoms with Crippen LogP contribution in [-0.2, 0) is 0 Å². The van der Waals surface area contributed by atoms with Crippen LogP contribution in [0, 0.1) is 5.92 Å². The lowest BCUT2D eigenvalue weighted by atomic mass is 9.88. The van der Waals surface area contributed by atoms with E-state index >= 15 is 0 Å². The summed E-state index contributed by atoms with van der Waals surface area (Å²) in [5.74, 6) is 3.47. The van der Waals surface area contributed by atoms with Crippen molar-refractivity contribution >= 4 is 11.8 Å². The molecule has 3 heteroatoms. The number of rotatable bonds is 3. The predicted molar refractivity (Wildman–Crippen MR) is 77.8 cm³/mol. The Balaban J connectivity index is 2.09. The highest BCUT2D eigenvalue weighted by molar-refractivity contribution is 7.99. The van der Waals surface area contributed by atoms with Gasteiger partial charge in [0.05, 0.1) is 0 Å². The molecule has 3 unspecified atom stereocenters. The summed E-state index contributed by atoms with van der Waals surface area (Å²) in [5, 5.41) is 3.78. The quantitative estimate of drug-likeness (QED) is 0.835. The van der Waals surface area contributed by atoms with E-state index < -0.39 is 0 Å². The minimum Gasteiger partial charge on any atom is -0.309 e. The molecule has 2 aliphatic rings. The van der Waals surface area contributed by atoms with Gasteiger partial charge >= 0.3 is 0 Å². The summed E-state index contributed by atoms with van der Waals surface area (Å²) in [6.07, 6.45) is 2.63. The molecule has 0 aromatic carbocycles. The van der Waals surface area contributed by atoms with E-state index in [-0.39, 0.29) is 0 Å². The van der Waals surface area contributed by atoms with Gasteiger partial charge in [-0.2, -0.15) is 11.8 Å². The van der Waals surface area contributed by atoms with Gasteiger partial charge in [-0.1, -0.05) is 20.8 Å². The maximum atomic E-state index is 3.78. The summed E-state index contributed by atoms with van der Waals surface area (Å²) in [6, 6.07) is 1.57. The lowest BCUT2D eigenvalue weighted by molar-refractivity contribution is 0.0326. The summed E-state index contributed by atoms with van der Waals surface area (Å²) >= 11 is 2.14. The molecule has 0 aliphatic carbocycles. The van der Waals surface area contributed by atoms with Gasteiger partial charge in [-0.25, -0.2) is 0 Å². The maximum Gasteiger partial charge on any atom is 0.0278 e. The predicted octanol–water partition coefficient (Wildman–Crippen LogP) is 2.59. The van der Waals surface area contributed by atoms with Crippen molar-refractivity contribution in [1.82, 2.24) is 10.2 Å². The average Bonchev–Trinajstić information content (AvgIpc) is 2.82. The Labute approximate surface area is 111 Å². The largest absolute Gasteiger partial charge is 0.309 e. The summed E-state index contributed by atoms with van der Waals surface area (Å²) < 4.78 is 0. The molecule has 0 aromatic rings. The lowest BCUT2D eigenvalue weighted by Gasteiger charge is -2.50. The van der Waals surface area contributed by atoms with Crippen LogP contribution in [-0.4, -0.2) is 47.1 Å². The van der Waals surface area contributed by atoms with E-state index in [0.29, 0.717) is 5.54 Å². The summed E-state index contributed by atoms with van der Waals surface area (Å²) in [7, 11) is 0. The number of hydrogen-bond donors (Lipinski definition) is 1. The Bertz CT molecular complexity index is 251. The summed E-state index contributed by atoms with van der Waals surface area (Å²) in [5.41, 5.74) is 0.332. The molecule has 2 nitrogen and oxygen atoms in total. The van der Waals surface area contributed by atoms with E-state index in [9.17, 15) is 0 Å². The second kappa shape index (κ2) is 5.50. The molecule has 2 saturated heterocycles. The first kappa shape index (κ1) is 13.7. The van der Waals surface area contributed by atoms with Crippen molar-refractivity contribution in [1.29, 1.82) is 0 Å². The maximum absolute atomic E-state index is 3.78. The van der Waals surface area contributed by atoms with E-state index in [4.69, 9.17) is 0 Å². The molecule has 0 radical (unpaired) electrons. The highest BCUT2D eigenvalue weighted by Crippen LogP contribution is 2.30. The zero-order chi connectivity index (χ0) is 12.5. The van der Waals surface area contributed by atoms with Gasteiger partial charge in [0.25, 0.3) is 0 Å². The normalized spacial score (nSPS) is 40.1. The first-order valence-electron chi connectivity index (χ1n) is 7.14. The van der Waals surface area contributed by atoms with Crippen LogP contribution in [0.3, 0.4) is 0 Å². The van der Waals surface area contributed by atoms with Crippen LogP contribution < -0.4 is 5.32 Å². The smallest absolute Gasteiger partial charge is 0.0278 e. The minimum atomic E-state index is 0.332. The molecule has 2 rings (SSSR count). The van der Waals surface area contributed by atoms with E-state index in [2.05, 4.69) is 49.7 Å². The van der Waals surface area contributed by atoms with E-state index in [1.807, 2.05) is 0 Å². The molecular formula is C14H28N2S. The van der Waals surface area contributed by atoms with Crippen molar-refractivity contribution in [3.63, 3.8) is 0 Å². The van der Waals surface area contributed by atoms with Crippen LogP contribution in [0.2, 0.25) is 0 Å². The standard InChI is InChI=1S/C14H28N2S/c1-5-14(4)10-16(12-6-7-17-9-12)13(8-15-14)11(2)3/h11-13,15H,5-10H2,1-4H3. The SMILES string of the molecule is CCC1(C)CN(C2CCSC2)C(C(C)C)CN1. The molecular weight excluding hydrogens is 228 g/mol. The molecule has 0 saturated carbocycles. The molecule has 17 heavy (non-hydrogen) atoms. The van der Waals surface area contributed by atoms with Crippen molar-refractivity contribution in [3.05, 3.63) is 0 Å². The molecule has 3 atom stereocenters. The Morgan fingerprint density at radius 1 is 1.47 bits per heavy atom. The second-order valence-corrected chi connectivity index (χ2v) is 7.45. The fraction of sp³-hybridized carbons (Fsp3) is 1.00. The van der Waals surface area contributed by atoms with E-state index in [0.717, 1.165) is 18.0 Å². The topological polar surface area (TPSA) is 15.3 Å². The molecule has 0 spiro atoms. The van der Waals surface area contributed by atoms with Crippen LogP contribution in [0.5, 0.6) is 0 Å². The van der Waals surface area contributed by atoms with Crippen LogP contribution in [0.4, 0.5) is 0 Å². The van der Waals surface area contributed by atoms with E-state index in [1.54, 1.807) is 0 Å². The molecule has 0 amide bonds. The van der Waals surface area contributed by atoms with Crippen molar-refractivity contribution in [2.45, 2.75) is 58.2 Å². The van der Waals surface area contributed by atoms with Crippen molar-refractivity contribution < 1.29 is 0 Å². The van der Waals surface area contributed by atoms with Crippen molar-refractivity contribution in [2.24, 2.45) is 5.92 Å². The Hall–Kier alpha value is 0.270. The molecule has 100 valence electrons. The van der Waals surface area contributed by atoms with Gasteiger partial charge in [-0.3, -0.25) is 4.90 Å². The van der Waals surface area contributed by atoms with Crippen LogP contribution in [0.25, 0.3) is 0 Å². The van der Waals surface area contributed by atoms with Crippen LogP contribution in [0.15, 0.2) is 0 Å². The van der Waals surface area contributed by atoms with Crippen molar-refractivity contribution in [2.75, 3.05) is 24.6 Å². The summed E-state index contributed by atoms with van der Waals surface area (Å²) in [4.78, 5) is 2.82. The third-order valence-corrected chi connectivity index (χ3v) is 5.76. The first-order chi connectivity index (χ1) is 8.06. The zero-order valence-corrected chi connectivity index (χ0v) is 12.6. The van der Waals surface area contributed by atoms with Crippen LogP contribution in [0.1, 0.15) is 40.5 Å². The van der Waals surface area contributed by atoms with Gasteiger partial charge in [0, 0.05) is 36.5 Å². The Morgan fingerprint density at radius 2 is 2.24 bits per heavy atom. The third-order valence-electron chi connectivity index (χ3n) is 4.62.